The van der Waals surface area contributed by atoms with Crippen molar-refractivity contribution in [3.05, 3.63) is 78.3 Å². The number of thioether (sulfide) groups is 1. The lowest BCUT2D eigenvalue weighted by atomic mass is 10.1. The molecule has 1 heterocycles. The summed E-state index contributed by atoms with van der Waals surface area (Å²) in [5, 5.41) is 2.77. The van der Waals surface area contributed by atoms with E-state index >= 15 is 0 Å². The number of nitrogens with one attached hydrogen (secondary N) is 1. The topological polar surface area (TPSA) is 68.5 Å². The van der Waals surface area contributed by atoms with Crippen molar-refractivity contribution in [2.24, 2.45) is 0 Å². The van der Waals surface area contributed by atoms with E-state index in [1.54, 1.807) is 49.6 Å². The summed E-state index contributed by atoms with van der Waals surface area (Å²) in [5.74, 6) is 0.989. The first kappa shape index (κ1) is 17.8. The lowest BCUT2D eigenvalue weighted by molar-refractivity contribution is 0.0994. The van der Waals surface area contributed by atoms with Crippen LogP contribution in [0.1, 0.15) is 20.9 Å². The van der Waals surface area contributed by atoms with Crippen LogP contribution < -0.4 is 10.1 Å². The number of rotatable bonds is 7. The molecule has 0 unspecified atom stereocenters. The molecule has 1 aromatic heterocycles. The number of methoxy groups -OCH3 is 1. The van der Waals surface area contributed by atoms with Crippen LogP contribution in [0, 0.1) is 0 Å². The van der Waals surface area contributed by atoms with Gasteiger partial charge in [0.25, 0.3) is 5.91 Å². The van der Waals surface area contributed by atoms with Crippen molar-refractivity contribution in [3.8, 4) is 5.75 Å². The van der Waals surface area contributed by atoms with Gasteiger partial charge in [0.2, 0.25) is 0 Å². The van der Waals surface area contributed by atoms with E-state index in [1.165, 1.54) is 18.0 Å². The Morgan fingerprint density at radius 3 is 2.58 bits per heavy atom. The molecule has 0 saturated heterocycles. The Hall–Kier alpha value is -2.99. The Kier molecular flexibility index (Phi) is 5.76. The van der Waals surface area contributed by atoms with Crippen molar-refractivity contribution >= 4 is 29.1 Å². The Morgan fingerprint density at radius 1 is 1.08 bits per heavy atom. The lowest BCUT2D eigenvalue weighted by Gasteiger charge is -2.06. The second-order valence-electron chi connectivity index (χ2n) is 5.40. The van der Waals surface area contributed by atoms with Crippen LogP contribution in [0.25, 0.3) is 0 Å². The van der Waals surface area contributed by atoms with Crippen LogP contribution in [-0.4, -0.2) is 24.6 Å². The van der Waals surface area contributed by atoms with Crippen molar-refractivity contribution in [2.45, 2.75) is 4.90 Å². The number of ketones is 1. The molecule has 26 heavy (non-hydrogen) atoms. The monoisotopic (exact) mass is 367 g/mol. The van der Waals surface area contributed by atoms with Gasteiger partial charge in [0, 0.05) is 16.1 Å². The maximum absolute atomic E-state index is 12.3. The first-order chi connectivity index (χ1) is 12.7. The normalized spacial score (nSPS) is 10.3. The Bertz CT molecular complexity index is 888. The lowest BCUT2D eigenvalue weighted by Crippen LogP contribution is -2.10. The highest BCUT2D eigenvalue weighted by Crippen LogP contribution is 2.23. The molecule has 0 saturated carbocycles. The number of hydrogen-bond donors (Lipinski definition) is 1. The van der Waals surface area contributed by atoms with Crippen LogP contribution in [0.4, 0.5) is 5.69 Å². The van der Waals surface area contributed by atoms with Crippen LogP contribution >= 0.6 is 11.8 Å². The summed E-state index contributed by atoms with van der Waals surface area (Å²) in [4.78, 5) is 25.2. The zero-order valence-corrected chi connectivity index (χ0v) is 14.9. The molecule has 6 heteroatoms. The number of anilines is 1. The molecular weight excluding hydrogens is 350 g/mol. The number of furan rings is 1. The van der Waals surface area contributed by atoms with Crippen LogP contribution in [-0.2, 0) is 0 Å². The Morgan fingerprint density at radius 2 is 1.88 bits per heavy atom. The maximum atomic E-state index is 12.3. The first-order valence-electron chi connectivity index (χ1n) is 7.90. The molecule has 0 aliphatic rings. The molecule has 0 fully saturated rings. The summed E-state index contributed by atoms with van der Waals surface area (Å²) >= 11 is 1.42. The Labute approximate surface area is 155 Å². The molecular formula is C20H17NO4S. The van der Waals surface area contributed by atoms with E-state index in [4.69, 9.17) is 9.15 Å². The van der Waals surface area contributed by atoms with Crippen molar-refractivity contribution < 1.29 is 18.7 Å². The fourth-order valence-corrected chi connectivity index (χ4v) is 3.12. The van der Waals surface area contributed by atoms with Gasteiger partial charge in [0.1, 0.15) is 5.75 Å². The average Bonchev–Trinajstić information content (AvgIpc) is 3.21. The van der Waals surface area contributed by atoms with Crippen LogP contribution in [0.15, 0.2) is 76.2 Å². The SMILES string of the molecule is COc1ccc(C(=O)CSc2cccc(NC(=O)c3ccco3)c2)cc1. The van der Waals surface area contributed by atoms with Crippen LogP contribution in [0.5, 0.6) is 5.75 Å². The fourth-order valence-electron chi connectivity index (χ4n) is 2.27. The summed E-state index contributed by atoms with van der Waals surface area (Å²) in [6.07, 6.45) is 1.45. The molecule has 0 radical (unpaired) electrons. The predicted molar refractivity (Wildman–Crippen MR) is 101 cm³/mol. The molecule has 3 rings (SSSR count). The molecule has 0 atom stereocenters. The number of carbonyl (C=O) groups excluding carboxylic acids is 2. The maximum Gasteiger partial charge on any atom is 0.291 e. The molecule has 132 valence electrons. The van der Waals surface area contributed by atoms with E-state index in [2.05, 4.69) is 5.32 Å². The molecule has 0 aliphatic heterocycles. The first-order valence-corrected chi connectivity index (χ1v) is 8.89. The van der Waals surface area contributed by atoms with Gasteiger partial charge in [-0.25, -0.2) is 0 Å². The second-order valence-corrected chi connectivity index (χ2v) is 6.45. The Balaban J connectivity index is 1.59. The van der Waals surface area contributed by atoms with E-state index < -0.39 is 0 Å². The predicted octanol–water partition coefficient (Wildman–Crippen LogP) is 4.52. The minimum absolute atomic E-state index is 0.0303. The van der Waals surface area contributed by atoms with E-state index in [1.807, 2.05) is 18.2 Å². The zero-order valence-electron chi connectivity index (χ0n) is 14.1. The number of Topliss-reactive ketones (excluding diaryl/α,β-unsaturated/α-hetero) is 1. The molecule has 1 amide bonds. The van der Waals surface area contributed by atoms with Gasteiger partial charge < -0.3 is 14.5 Å². The van der Waals surface area contributed by atoms with Crippen molar-refractivity contribution in [3.63, 3.8) is 0 Å². The minimum atomic E-state index is -0.313. The third-order valence-electron chi connectivity index (χ3n) is 3.62. The second kappa shape index (κ2) is 8.40. The van der Waals surface area contributed by atoms with Crippen molar-refractivity contribution in [1.82, 2.24) is 0 Å². The van der Waals surface area contributed by atoms with E-state index in [-0.39, 0.29) is 17.5 Å². The van der Waals surface area contributed by atoms with Gasteiger partial charge in [-0.15, -0.1) is 11.8 Å². The largest absolute Gasteiger partial charge is 0.497 e. The molecule has 2 aromatic carbocycles. The highest BCUT2D eigenvalue weighted by atomic mass is 32.2. The number of ether oxygens (including phenoxy) is 1. The molecule has 0 spiro atoms. The highest BCUT2D eigenvalue weighted by Gasteiger charge is 2.10. The van der Waals surface area contributed by atoms with Gasteiger partial charge in [-0.2, -0.15) is 0 Å². The van der Waals surface area contributed by atoms with Crippen LogP contribution in [0.3, 0.4) is 0 Å². The van der Waals surface area contributed by atoms with E-state index in [0.29, 0.717) is 22.8 Å². The fraction of sp³-hybridized carbons (Fsp3) is 0.100. The summed E-state index contributed by atoms with van der Waals surface area (Å²) in [6.45, 7) is 0. The van der Waals surface area contributed by atoms with Crippen LogP contribution in [0.2, 0.25) is 0 Å². The quantitative estimate of drug-likeness (QED) is 0.491. The summed E-state index contributed by atoms with van der Waals surface area (Å²) in [5.41, 5.74) is 1.29. The van der Waals surface area contributed by atoms with Gasteiger partial charge in [-0.05, 0) is 54.6 Å². The number of amides is 1. The van der Waals surface area contributed by atoms with Crippen molar-refractivity contribution in [2.75, 3.05) is 18.2 Å². The van der Waals surface area contributed by atoms with Gasteiger partial charge in [0.05, 0.1) is 19.1 Å². The molecule has 0 bridgehead atoms. The summed E-state index contributed by atoms with van der Waals surface area (Å²) in [6, 6.07) is 17.6. The third-order valence-corrected chi connectivity index (χ3v) is 4.61. The molecule has 0 aliphatic carbocycles. The molecule has 1 N–H and O–H groups in total. The summed E-state index contributed by atoms with van der Waals surface area (Å²) < 4.78 is 10.2. The average molecular weight is 367 g/mol. The smallest absolute Gasteiger partial charge is 0.291 e. The van der Waals surface area contributed by atoms with E-state index in [0.717, 1.165) is 4.90 Å². The standard InChI is InChI=1S/C20H17NO4S/c1-24-16-9-7-14(8-10-16)18(22)13-26-17-5-2-4-15(12-17)21-20(23)19-6-3-11-25-19/h2-12H,13H2,1H3,(H,21,23). The molecule has 5 nitrogen and oxygen atoms in total. The minimum Gasteiger partial charge on any atom is -0.497 e. The van der Waals surface area contributed by atoms with E-state index in [9.17, 15) is 9.59 Å². The zero-order chi connectivity index (χ0) is 18.4. The van der Waals surface area contributed by atoms with Gasteiger partial charge in [-0.3, -0.25) is 9.59 Å². The van der Waals surface area contributed by atoms with Crippen molar-refractivity contribution in [1.29, 1.82) is 0 Å². The third kappa shape index (κ3) is 4.55. The number of benzene rings is 2. The van der Waals surface area contributed by atoms with Gasteiger partial charge in [0.15, 0.2) is 11.5 Å². The number of hydrogen-bond acceptors (Lipinski definition) is 5. The summed E-state index contributed by atoms with van der Waals surface area (Å²) in [7, 11) is 1.59. The molecule has 3 aromatic rings. The highest BCUT2D eigenvalue weighted by molar-refractivity contribution is 8.00. The van der Waals surface area contributed by atoms with Gasteiger partial charge in [-0.1, -0.05) is 6.07 Å². The van der Waals surface area contributed by atoms with Gasteiger partial charge >= 0.3 is 0 Å². The number of carbonyl (C=O) groups is 2.